The summed E-state index contributed by atoms with van der Waals surface area (Å²) in [6, 6.07) is 6.94. The molecule has 0 unspecified atom stereocenters. The Morgan fingerprint density at radius 3 is 2.90 bits per heavy atom. The van der Waals surface area contributed by atoms with Crippen LogP contribution in [-0.4, -0.2) is 22.2 Å². The van der Waals surface area contributed by atoms with E-state index in [1.54, 1.807) is 24.4 Å². The maximum Gasteiger partial charge on any atom is 0.272 e. The lowest BCUT2D eigenvalue weighted by atomic mass is 10.2. The molecule has 5 nitrogen and oxygen atoms in total. The average molecular weight is 493 g/mol. The number of hydrogen-bond acceptors (Lipinski definition) is 4. The smallest absolute Gasteiger partial charge is 0.272 e. The van der Waals surface area contributed by atoms with E-state index in [1.165, 1.54) is 12.4 Å². The van der Waals surface area contributed by atoms with Gasteiger partial charge in [-0.3, -0.25) is 9.78 Å². The molecular weight excluding hydrogens is 484 g/mol. The zero-order chi connectivity index (χ0) is 14.5. The standard InChI is InChI=1S/C13H9I2N3O2/c14-10-4-9(12(19)11(15)5-10)7-17-18-13(20)8-2-1-3-16-6-8/h1-7,19H,(H,18,20)/b17-7+. The van der Waals surface area contributed by atoms with E-state index in [-0.39, 0.29) is 11.7 Å². The van der Waals surface area contributed by atoms with Crippen LogP contribution in [-0.2, 0) is 0 Å². The molecule has 0 aliphatic rings. The number of hydrogen-bond donors (Lipinski definition) is 2. The third-order valence-electron chi connectivity index (χ3n) is 2.35. The Labute approximate surface area is 142 Å². The first-order chi connectivity index (χ1) is 9.58. The summed E-state index contributed by atoms with van der Waals surface area (Å²) in [5.41, 5.74) is 3.36. The molecule has 0 atom stereocenters. The normalized spacial score (nSPS) is 10.7. The Morgan fingerprint density at radius 1 is 1.40 bits per heavy atom. The highest BCUT2D eigenvalue weighted by atomic mass is 127. The fourth-order valence-corrected chi connectivity index (χ4v) is 3.30. The van der Waals surface area contributed by atoms with E-state index in [4.69, 9.17) is 0 Å². The molecule has 2 rings (SSSR count). The van der Waals surface area contributed by atoms with Crippen LogP contribution in [0, 0.1) is 7.14 Å². The molecule has 102 valence electrons. The third kappa shape index (κ3) is 3.88. The van der Waals surface area contributed by atoms with Gasteiger partial charge in [-0.15, -0.1) is 0 Å². The first-order valence-electron chi connectivity index (χ1n) is 5.49. The van der Waals surface area contributed by atoms with Crippen molar-refractivity contribution in [3.05, 3.63) is 54.9 Å². The maximum atomic E-state index is 11.7. The zero-order valence-electron chi connectivity index (χ0n) is 10.0. The van der Waals surface area contributed by atoms with Crippen LogP contribution in [0.4, 0.5) is 0 Å². The summed E-state index contributed by atoms with van der Waals surface area (Å²) in [6.07, 6.45) is 4.45. The van der Waals surface area contributed by atoms with E-state index in [9.17, 15) is 9.90 Å². The van der Waals surface area contributed by atoms with Crippen LogP contribution in [0.5, 0.6) is 5.75 Å². The lowest BCUT2D eigenvalue weighted by molar-refractivity contribution is 0.0954. The number of hydrazone groups is 1. The lowest BCUT2D eigenvalue weighted by Gasteiger charge is -2.03. The number of aromatic hydroxyl groups is 1. The van der Waals surface area contributed by atoms with E-state index >= 15 is 0 Å². The molecule has 1 heterocycles. The van der Waals surface area contributed by atoms with Crippen LogP contribution < -0.4 is 5.43 Å². The molecule has 20 heavy (non-hydrogen) atoms. The van der Waals surface area contributed by atoms with Gasteiger partial charge in [0, 0.05) is 21.5 Å². The molecule has 0 bridgehead atoms. The highest BCUT2D eigenvalue weighted by Gasteiger charge is 2.06. The lowest BCUT2D eigenvalue weighted by Crippen LogP contribution is -2.17. The molecule has 1 amide bonds. The van der Waals surface area contributed by atoms with Crippen LogP contribution in [0.2, 0.25) is 0 Å². The molecule has 2 N–H and O–H groups in total. The number of carbonyl (C=O) groups is 1. The summed E-state index contributed by atoms with van der Waals surface area (Å²) < 4.78 is 1.71. The molecule has 1 aromatic heterocycles. The Kier molecular flexibility index (Phi) is 5.29. The van der Waals surface area contributed by atoms with Gasteiger partial charge in [0.2, 0.25) is 0 Å². The van der Waals surface area contributed by atoms with Gasteiger partial charge in [-0.1, -0.05) is 0 Å². The van der Waals surface area contributed by atoms with Crippen LogP contribution in [0.25, 0.3) is 0 Å². The highest BCUT2D eigenvalue weighted by molar-refractivity contribution is 14.1. The van der Waals surface area contributed by atoms with E-state index in [0.29, 0.717) is 11.1 Å². The number of pyridine rings is 1. The number of nitrogens with one attached hydrogen (secondary N) is 1. The minimum absolute atomic E-state index is 0.144. The molecule has 2 aromatic rings. The van der Waals surface area contributed by atoms with Crippen LogP contribution in [0.15, 0.2) is 41.8 Å². The first-order valence-corrected chi connectivity index (χ1v) is 7.65. The molecule has 0 radical (unpaired) electrons. The van der Waals surface area contributed by atoms with Crippen molar-refractivity contribution < 1.29 is 9.90 Å². The highest BCUT2D eigenvalue weighted by Crippen LogP contribution is 2.25. The van der Waals surface area contributed by atoms with Crippen LogP contribution in [0.1, 0.15) is 15.9 Å². The van der Waals surface area contributed by atoms with Crippen molar-refractivity contribution in [2.24, 2.45) is 5.10 Å². The fraction of sp³-hybridized carbons (Fsp3) is 0. The van der Waals surface area contributed by atoms with Crippen molar-refractivity contribution in [1.29, 1.82) is 0 Å². The van der Waals surface area contributed by atoms with Crippen LogP contribution >= 0.6 is 45.2 Å². The van der Waals surface area contributed by atoms with E-state index in [0.717, 1.165) is 7.14 Å². The van der Waals surface area contributed by atoms with Gasteiger partial charge in [-0.05, 0) is 69.4 Å². The first kappa shape index (κ1) is 15.2. The number of halogens is 2. The SMILES string of the molecule is O=C(N/N=C/c1cc(I)cc(I)c1O)c1cccnc1. The Morgan fingerprint density at radius 2 is 2.20 bits per heavy atom. The molecular formula is C13H9I2N3O2. The summed E-state index contributed by atoms with van der Waals surface area (Å²) in [6.45, 7) is 0. The fourth-order valence-electron chi connectivity index (χ4n) is 1.41. The number of nitrogens with zero attached hydrogens (tertiary/aromatic N) is 2. The summed E-state index contributed by atoms with van der Waals surface area (Å²) in [4.78, 5) is 15.6. The largest absolute Gasteiger partial charge is 0.506 e. The second-order valence-corrected chi connectivity index (χ2v) is 6.17. The van der Waals surface area contributed by atoms with Gasteiger partial charge < -0.3 is 5.11 Å². The molecule has 0 aliphatic heterocycles. The molecule has 0 spiro atoms. The van der Waals surface area contributed by atoms with E-state index in [2.05, 4.69) is 38.1 Å². The predicted octanol–water partition coefficient (Wildman–Crippen LogP) is 2.76. The van der Waals surface area contributed by atoms with Gasteiger partial charge in [0.05, 0.1) is 15.3 Å². The van der Waals surface area contributed by atoms with E-state index in [1.807, 2.05) is 28.7 Å². The quantitative estimate of drug-likeness (QED) is 0.393. The third-order valence-corrected chi connectivity index (χ3v) is 3.80. The van der Waals surface area contributed by atoms with Crippen LogP contribution in [0.3, 0.4) is 0 Å². The van der Waals surface area contributed by atoms with Crippen molar-refractivity contribution in [3.63, 3.8) is 0 Å². The second kappa shape index (κ2) is 6.97. The summed E-state index contributed by atoms with van der Waals surface area (Å²) in [5, 5.41) is 13.7. The number of phenolic OH excluding ortho intramolecular Hbond substituents is 1. The molecule has 0 fully saturated rings. The van der Waals surface area contributed by atoms with Crippen molar-refractivity contribution in [3.8, 4) is 5.75 Å². The zero-order valence-corrected chi connectivity index (χ0v) is 14.4. The number of aromatic nitrogens is 1. The minimum Gasteiger partial charge on any atom is -0.506 e. The monoisotopic (exact) mass is 493 g/mol. The number of rotatable bonds is 3. The Balaban J connectivity index is 2.10. The summed E-state index contributed by atoms with van der Waals surface area (Å²) in [5.74, 6) is -0.209. The second-order valence-electron chi connectivity index (χ2n) is 3.77. The van der Waals surface area contributed by atoms with Crippen molar-refractivity contribution in [1.82, 2.24) is 10.4 Å². The van der Waals surface area contributed by atoms with Gasteiger partial charge in [-0.25, -0.2) is 5.43 Å². The molecule has 1 aromatic carbocycles. The van der Waals surface area contributed by atoms with E-state index < -0.39 is 0 Å². The summed E-state index contributed by atoms with van der Waals surface area (Å²) >= 11 is 4.19. The van der Waals surface area contributed by atoms with Gasteiger partial charge in [-0.2, -0.15) is 5.10 Å². The van der Waals surface area contributed by atoms with Crippen molar-refractivity contribution in [2.75, 3.05) is 0 Å². The molecule has 7 heteroatoms. The minimum atomic E-state index is -0.353. The Bertz CT molecular complexity index is 660. The maximum absolute atomic E-state index is 11.7. The number of carbonyl (C=O) groups excluding carboxylic acids is 1. The summed E-state index contributed by atoms with van der Waals surface area (Å²) in [7, 11) is 0. The topological polar surface area (TPSA) is 74.6 Å². The van der Waals surface area contributed by atoms with Crippen molar-refractivity contribution in [2.45, 2.75) is 0 Å². The molecule has 0 aliphatic carbocycles. The average Bonchev–Trinajstić information content (AvgIpc) is 2.44. The van der Waals surface area contributed by atoms with Crippen molar-refractivity contribution >= 4 is 57.3 Å². The number of benzene rings is 1. The number of phenols is 1. The van der Waals surface area contributed by atoms with Gasteiger partial charge >= 0.3 is 0 Å². The van der Waals surface area contributed by atoms with Gasteiger partial charge in [0.1, 0.15) is 5.75 Å². The van der Waals surface area contributed by atoms with Gasteiger partial charge in [0.25, 0.3) is 5.91 Å². The predicted molar refractivity (Wildman–Crippen MR) is 92.8 cm³/mol. The molecule has 0 saturated carbocycles. The Hall–Kier alpha value is -1.23. The molecule has 0 saturated heterocycles. The van der Waals surface area contributed by atoms with Gasteiger partial charge in [0.15, 0.2) is 0 Å². The number of amides is 1.